The van der Waals surface area contributed by atoms with Crippen molar-refractivity contribution >= 4 is 23.4 Å². The summed E-state index contributed by atoms with van der Waals surface area (Å²) in [6, 6.07) is 19.3. The maximum atomic E-state index is 13.4. The number of nitrogens with zero attached hydrogens (tertiary/aromatic N) is 1. The van der Waals surface area contributed by atoms with Crippen molar-refractivity contribution in [2.45, 2.75) is 19.8 Å². The molecule has 148 valence electrons. The van der Waals surface area contributed by atoms with E-state index in [2.05, 4.69) is 16.7 Å². The Morgan fingerprint density at radius 3 is 2.55 bits per heavy atom. The average molecular weight is 406 g/mol. The van der Waals surface area contributed by atoms with Crippen LogP contribution in [0.15, 0.2) is 76.5 Å². The number of para-hydroxylation sites is 2. The Bertz CT molecular complexity index is 1010. The number of carbonyl (C=O) groups is 1. The quantitative estimate of drug-likeness (QED) is 0.723. The molecule has 2 aromatic rings. The van der Waals surface area contributed by atoms with Crippen LogP contribution in [0.4, 0.5) is 5.69 Å². The normalized spacial score (nSPS) is 16.1. The van der Waals surface area contributed by atoms with Gasteiger partial charge in [-0.1, -0.05) is 49.4 Å². The largest absolute Gasteiger partial charge is 0.495 e. The molecular weight excluding hydrogens is 382 g/mol. The van der Waals surface area contributed by atoms with E-state index in [4.69, 9.17) is 4.74 Å². The van der Waals surface area contributed by atoms with Crippen molar-refractivity contribution in [1.29, 1.82) is 5.26 Å². The van der Waals surface area contributed by atoms with Gasteiger partial charge in [-0.3, -0.25) is 4.79 Å². The third kappa shape index (κ3) is 4.30. The lowest BCUT2D eigenvalue weighted by atomic mass is 9.82. The highest BCUT2D eigenvalue weighted by atomic mass is 32.2. The van der Waals surface area contributed by atoms with Crippen LogP contribution in [0.25, 0.3) is 0 Å². The first-order valence-electron chi connectivity index (χ1n) is 9.34. The van der Waals surface area contributed by atoms with E-state index in [9.17, 15) is 10.1 Å². The van der Waals surface area contributed by atoms with E-state index in [1.165, 1.54) is 0 Å². The Hall–Kier alpha value is -3.17. The van der Waals surface area contributed by atoms with Crippen molar-refractivity contribution in [3.63, 3.8) is 0 Å². The number of dihydropyridines is 1. The number of hydrogen-bond acceptors (Lipinski definition) is 5. The van der Waals surface area contributed by atoms with E-state index in [1.54, 1.807) is 31.0 Å². The summed E-state index contributed by atoms with van der Waals surface area (Å²) in [7, 11) is 1.56. The van der Waals surface area contributed by atoms with Crippen molar-refractivity contribution in [2.75, 3.05) is 18.2 Å². The lowest BCUT2D eigenvalue weighted by Gasteiger charge is -2.30. The van der Waals surface area contributed by atoms with Gasteiger partial charge in [-0.2, -0.15) is 5.26 Å². The van der Waals surface area contributed by atoms with Gasteiger partial charge in [0.15, 0.2) is 0 Å². The zero-order valence-electron chi connectivity index (χ0n) is 16.7. The number of ether oxygens (including phenoxy) is 1. The Balaban J connectivity index is 2.06. The van der Waals surface area contributed by atoms with E-state index in [0.29, 0.717) is 22.6 Å². The molecule has 29 heavy (non-hydrogen) atoms. The molecule has 0 saturated carbocycles. The van der Waals surface area contributed by atoms with Crippen LogP contribution < -0.4 is 15.4 Å². The van der Waals surface area contributed by atoms with Crippen LogP contribution in [0.5, 0.6) is 5.75 Å². The first-order chi connectivity index (χ1) is 14.1. The summed E-state index contributed by atoms with van der Waals surface area (Å²) in [5.41, 5.74) is 3.31. The number of amides is 1. The molecule has 6 heteroatoms. The number of allylic oxidation sites excluding steroid dienone is 2. The van der Waals surface area contributed by atoms with Gasteiger partial charge in [-0.25, -0.2) is 0 Å². The zero-order chi connectivity index (χ0) is 20.8. The van der Waals surface area contributed by atoms with Crippen LogP contribution in [0.3, 0.4) is 0 Å². The highest BCUT2D eigenvalue weighted by Crippen LogP contribution is 2.41. The maximum absolute atomic E-state index is 13.4. The molecule has 0 aromatic heterocycles. The summed E-state index contributed by atoms with van der Waals surface area (Å²) >= 11 is 1.57. The lowest BCUT2D eigenvalue weighted by molar-refractivity contribution is -0.113. The van der Waals surface area contributed by atoms with Gasteiger partial charge in [0, 0.05) is 11.3 Å². The second kappa shape index (κ2) is 9.35. The van der Waals surface area contributed by atoms with Crippen molar-refractivity contribution in [3.8, 4) is 11.8 Å². The van der Waals surface area contributed by atoms with E-state index < -0.39 is 5.92 Å². The molecule has 1 aliphatic heterocycles. The van der Waals surface area contributed by atoms with E-state index >= 15 is 0 Å². The Morgan fingerprint density at radius 1 is 1.21 bits per heavy atom. The number of nitriles is 1. The molecule has 0 aliphatic carbocycles. The first-order valence-corrected chi connectivity index (χ1v) is 10.3. The Labute approximate surface area is 175 Å². The summed E-state index contributed by atoms with van der Waals surface area (Å²) in [6.07, 6.45) is 0. The highest BCUT2D eigenvalue weighted by molar-refractivity contribution is 8.03. The molecule has 1 amide bonds. The number of carbonyl (C=O) groups excluding carboxylic acids is 1. The number of nitrogens with one attached hydrogen (secondary N) is 2. The van der Waals surface area contributed by atoms with Gasteiger partial charge in [0.05, 0.1) is 35.4 Å². The van der Waals surface area contributed by atoms with Crippen molar-refractivity contribution in [1.82, 2.24) is 5.32 Å². The minimum atomic E-state index is -0.439. The highest BCUT2D eigenvalue weighted by Gasteiger charge is 2.34. The van der Waals surface area contributed by atoms with Gasteiger partial charge >= 0.3 is 0 Å². The molecule has 2 aromatic carbocycles. The monoisotopic (exact) mass is 405 g/mol. The molecular formula is C23H23N3O2S. The number of rotatable bonds is 6. The van der Waals surface area contributed by atoms with Crippen molar-refractivity contribution in [3.05, 3.63) is 82.0 Å². The van der Waals surface area contributed by atoms with Crippen LogP contribution in [0.1, 0.15) is 25.3 Å². The van der Waals surface area contributed by atoms with Gasteiger partial charge in [-0.15, -0.1) is 11.8 Å². The fourth-order valence-electron chi connectivity index (χ4n) is 3.39. The zero-order valence-corrected chi connectivity index (χ0v) is 17.5. The second-order valence-corrected chi connectivity index (χ2v) is 7.72. The molecule has 1 heterocycles. The fourth-order valence-corrected chi connectivity index (χ4v) is 4.22. The number of benzene rings is 2. The lowest BCUT2D eigenvalue weighted by Crippen LogP contribution is -2.30. The molecule has 0 saturated heterocycles. The van der Waals surface area contributed by atoms with E-state index in [-0.39, 0.29) is 5.91 Å². The fraction of sp³-hybridized carbons (Fsp3) is 0.217. The van der Waals surface area contributed by atoms with Gasteiger partial charge in [-0.05, 0) is 30.4 Å². The van der Waals surface area contributed by atoms with Crippen LogP contribution in [0, 0.1) is 11.3 Å². The third-order valence-electron chi connectivity index (χ3n) is 4.67. The first kappa shape index (κ1) is 20.6. The molecule has 2 N–H and O–H groups in total. The van der Waals surface area contributed by atoms with Crippen LogP contribution >= 0.6 is 11.8 Å². The molecule has 0 unspecified atom stereocenters. The summed E-state index contributed by atoms with van der Waals surface area (Å²) < 4.78 is 5.35. The van der Waals surface area contributed by atoms with Crippen LogP contribution in [-0.2, 0) is 4.79 Å². The summed E-state index contributed by atoms with van der Waals surface area (Å²) in [4.78, 5) is 13.4. The van der Waals surface area contributed by atoms with Gasteiger partial charge < -0.3 is 15.4 Å². The van der Waals surface area contributed by atoms with Gasteiger partial charge in [0.2, 0.25) is 0 Å². The standard InChI is InChI=1S/C23H23N3O2S/c1-4-29-23-17(14-24)21(16-10-6-5-7-11-16)20(15(2)25-23)22(27)26-18-12-8-9-13-19(18)28-3/h5-13,21,25H,4H2,1-3H3,(H,26,27)/t21-/m1/s1. The predicted molar refractivity (Wildman–Crippen MR) is 117 cm³/mol. The molecule has 3 rings (SSSR count). The Kier molecular flexibility index (Phi) is 6.63. The molecule has 5 nitrogen and oxygen atoms in total. The second-order valence-electron chi connectivity index (χ2n) is 6.45. The number of thioether (sulfide) groups is 1. The van der Waals surface area contributed by atoms with Crippen LogP contribution in [-0.4, -0.2) is 18.8 Å². The minimum absolute atomic E-state index is 0.262. The van der Waals surface area contributed by atoms with Gasteiger partial charge in [0.1, 0.15) is 5.75 Å². The molecule has 1 aliphatic rings. The maximum Gasteiger partial charge on any atom is 0.254 e. The van der Waals surface area contributed by atoms with Crippen molar-refractivity contribution in [2.24, 2.45) is 0 Å². The Morgan fingerprint density at radius 2 is 1.90 bits per heavy atom. The predicted octanol–water partition coefficient (Wildman–Crippen LogP) is 4.78. The van der Waals surface area contributed by atoms with Gasteiger partial charge in [0.25, 0.3) is 5.91 Å². The molecule has 0 fully saturated rings. The average Bonchev–Trinajstić information content (AvgIpc) is 2.74. The molecule has 1 atom stereocenters. The summed E-state index contributed by atoms with van der Waals surface area (Å²) in [6.45, 7) is 3.91. The third-order valence-corrected chi connectivity index (χ3v) is 5.57. The van der Waals surface area contributed by atoms with Crippen LogP contribution in [0.2, 0.25) is 0 Å². The molecule has 0 radical (unpaired) electrons. The molecule has 0 spiro atoms. The molecule has 0 bridgehead atoms. The topological polar surface area (TPSA) is 74.2 Å². The van der Waals surface area contributed by atoms with E-state index in [1.807, 2.05) is 56.3 Å². The SMILES string of the molecule is CCSC1=C(C#N)[C@@H](c2ccccc2)C(C(=O)Nc2ccccc2OC)=C(C)N1. The smallest absolute Gasteiger partial charge is 0.254 e. The number of methoxy groups -OCH3 is 1. The van der Waals surface area contributed by atoms with E-state index in [0.717, 1.165) is 22.0 Å². The number of anilines is 1. The summed E-state index contributed by atoms with van der Waals surface area (Å²) in [5, 5.41) is 17.0. The minimum Gasteiger partial charge on any atom is -0.495 e. The van der Waals surface area contributed by atoms with Crippen molar-refractivity contribution < 1.29 is 9.53 Å². The number of hydrogen-bond donors (Lipinski definition) is 2. The summed E-state index contributed by atoms with van der Waals surface area (Å²) in [5.74, 6) is 0.704.